The highest BCUT2D eigenvalue weighted by atomic mass is 19.1. The zero-order valence-electron chi connectivity index (χ0n) is 13.6. The Labute approximate surface area is 146 Å². The SMILES string of the molecule is O=C(COc1ccccc1F)NC(c1ccccc1)c1ccccc1. The number of carbonyl (C=O) groups excluding carboxylic acids is 1. The van der Waals surface area contributed by atoms with Crippen molar-refractivity contribution in [1.82, 2.24) is 5.32 Å². The molecule has 0 saturated carbocycles. The first-order valence-corrected chi connectivity index (χ1v) is 8.00. The standard InChI is InChI=1S/C21H18FNO2/c22-18-13-7-8-14-19(18)25-15-20(24)23-21(16-9-3-1-4-10-16)17-11-5-2-6-12-17/h1-14,21H,15H2,(H,23,24). The monoisotopic (exact) mass is 335 g/mol. The van der Waals surface area contributed by atoms with Gasteiger partial charge in [-0.15, -0.1) is 0 Å². The van der Waals surface area contributed by atoms with Gasteiger partial charge >= 0.3 is 0 Å². The van der Waals surface area contributed by atoms with Gasteiger partial charge in [-0.1, -0.05) is 72.8 Å². The van der Waals surface area contributed by atoms with Crippen LogP contribution in [0.25, 0.3) is 0 Å². The summed E-state index contributed by atoms with van der Waals surface area (Å²) in [6.45, 7) is -0.253. The van der Waals surface area contributed by atoms with Crippen molar-refractivity contribution in [3.63, 3.8) is 0 Å². The summed E-state index contributed by atoms with van der Waals surface area (Å²) in [5, 5.41) is 2.95. The molecule has 4 heteroatoms. The van der Waals surface area contributed by atoms with Gasteiger partial charge in [0.25, 0.3) is 5.91 Å². The molecule has 0 unspecified atom stereocenters. The van der Waals surface area contributed by atoms with Crippen molar-refractivity contribution in [3.8, 4) is 5.75 Å². The largest absolute Gasteiger partial charge is 0.481 e. The number of para-hydroxylation sites is 1. The molecule has 1 N–H and O–H groups in total. The Morgan fingerprint density at radius 1 is 0.840 bits per heavy atom. The van der Waals surface area contributed by atoms with Crippen molar-refractivity contribution in [3.05, 3.63) is 102 Å². The highest BCUT2D eigenvalue weighted by molar-refractivity contribution is 5.78. The van der Waals surface area contributed by atoms with E-state index in [2.05, 4.69) is 5.32 Å². The fourth-order valence-electron chi connectivity index (χ4n) is 2.56. The number of benzene rings is 3. The first kappa shape index (κ1) is 16.7. The van der Waals surface area contributed by atoms with Crippen LogP contribution in [0.3, 0.4) is 0 Å². The van der Waals surface area contributed by atoms with Crippen LogP contribution in [0.15, 0.2) is 84.9 Å². The van der Waals surface area contributed by atoms with Gasteiger partial charge in [0.05, 0.1) is 6.04 Å². The van der Waals surface area contributed by atoms with E-state index in [0.29, 0.717) is 0 Å². The molecule has 0 fully saturated rings. The molecule has 1 amide bonds. The van der Waals surface area contributed by atoms with Crippen molar-refractivity contribution < 1.29 is 13.9 Å². The summed E-state index contributed by atoms with van der Waals surface area (Å²) >= 11 is 0. The maximum atomic E-state index is 13.6. The Bertz CT molecular complexity index is 782. The van der Waals surface area contributed by atoms with Crippen molar-refractivity contribution in [2.75, 3.05) is 6.61 Å². The van der Waals surface area contributed by atoms with Crippen molar-refractivity contribution in [1.29, 1.82) is 0 Å². The molecule has 0 spiro atoms. The Morgan fingerprint density at radius 3 is 1.92 bits per heavy atom. The number of halogens is 1. The Hall–Kier alpha value is -3.14. The third-order valence-corrected chi connectivity index (χ3v) is 3.77. The number of ether oxygens (including phenoxy) is 1. The van der Waals surface area contributed by atoms with E-state index in [1.54, 1.807) is 12.1 Å². The first-order chi connectivity index (χ1) is 12.2. The molecule has 0 aliphatic heterocycles. The van der Waals surface area contributed by atoms with E-state index < -0.39 is 5.82 Å². The minimum atomic E-state index is -0.488. The summed E-state index contributed by atoms with van der Waals surface area (Å²) in [5.74, 6) is -0.743. The van der Waals surface area contributed by atoms with Crippen molar-refractivity contribution >= 4 is 5.91 Å². The second-order valence-electron chi connectivity index (χ2n) is 5.54. The number of hydrogen-bond acceptors (Lipinski definition) is 2. The molecule has 0 atom stereocenters. The van der Waals surface area contributed by atoms with E-state index in [4.69, 9.17) is 4.74 Å². The zero-order valence-corrected chi connectivity index (χ0v) is 13.6. The van der Waals surface area contributed by atoms with E-state index in [1.165, 1.54) is 12.1 Å². The molecule has 0 saturated heterocycles. The first-order valence-electron chi connectivity index (χ1n) is 8.00. The summed E-state index contributed by atoms with van der Waals surface area (Å²) in [6, 6.07) is 25.1. The average molecular weight is 335 g/mol. The predicted molar refractivity (Wildman–Crippen MR) is 94.8 cm³/mol. The van der Waals surface area contributed by atoms with E-state index in [0.717, 1.165) is 11.1 Å². The Balaban J connectivity index is 1.72. The van der Waals surface area contributed by atoms with E-state index in [1.807, 2.05) is 60.7 Å². The third-order valence-electron chi connectivity index (χ3n) is 3.77. The minimum absolute atomic E-state index is 0.0635. The lowest BCUT2D eigenvalue weighted by Crippen LogP contribution is -2.33. The lowest BCUT2D eigenvalue weighted by molar-refractivity contribution is -0.123. The minimum Gasteiger partial charge on any atom is -0.481 e. The Morgan fingerprint density at radius 2 is 1.36 bits per heavy atom. The highest BCUT2D eigenvalue weighted by Crippen LogP contribution is 2.22. The van der Waals surface area contributed by atoms with E-state index >= 15 is 0 Å². The average Bonchev–Trinajstić information content (AvgIpc) is 2.67. The van der Waals surface area contributed by atoms with E-state index in [9.17, 15) is 9.18 Å². The van der Waals surface area contributed by atoms with Gasteiger partial charge in [0.15, 0.2) is 18.2 Å². The van der Waals surface area contributed by atoms with Crippen LogP contribution >= 0.6 is 0 Å². The quantitative estimate of drug-likeness (QED) is 0.736. The molecule has 3 aromatic carbocycles. The number of hydrogen-bond donors (Lipinski definition) is 1. The highest BCUT2D eigenvalue weighted by Gasteiger charge is 2.17. The van der Waals surface area contributed by atoms with Gasteiger partial charge in [0.2, 0.25) is 0 Å². The van der Waals surface area contributed by atoms with Crippen LogP contribution in [0.4, 0.5) is 4.39 Å². The van der Waals surface area contributed by atoms with Crippen LogP contribution < -0.4 is 10.1 Å². The molecular weight excluding hydrogens is 317 g/mol. The van der Waals surface area contributed by atoms with Gasteiger partial charge in [-0.2, -0.15) is 0 Å². The molecule has 0 aliphatic rings. The molecule has 3 aromatic rings. The second-order valence-corrected chi connectivity index (χ2v) is 5.54. The summed E-state index contributed by atoms with van der Waals surface area (Å²) in [6.07, 6.45) is 0. The number of rotatable bonds is 6. The molecule has 126 valence electrons. The molecular formula is C21H18FNO2. The summed E-state index contributed by atoms with van der Waals surface area (Å²) in [7, 11) is 0. The Kier molecular flexibility index (Phi) is 5.42. The fourth-order valence-corrected chi connectivity index (χ4v) is 2.56. The second kappa shape index (κ2) is 8.11. The molecule has 3 nitrogen and oxygen atoms in total. The van der Waals surface area contributed by atoms with Crippen molar-refractivity contribution in [2.24, 2.45) is 0 Å². The van der Waals surface area contributed by atoms with Crippen LogP contribution in [-0.4, -0.2) is 12.5 Å². The molecule has 0 heterocycles. The summed E-state index contributed by atoms with van der Waals surface area (Å²) in [4.78, 5) is 12.3. The van der Waals surface area contributed by atoms with Crippen LogP contribution in [-0.2, 0) is 4.79 Å². The summed E-state index contributed by atoms with van der Waals surface area (Å²) < 4.78 is 18.9. The zero-order chi connectivity index (χ0) is 17.5. The van der Waals surface area contributed by atoms with Gasteiger partial charge in [0, 0.05) is 0 Å². The number of amides is 1. The lowest BCUT2D eigenvalue weighted by Gasteiger charge is -2.20. The topological polar surface area (TPSA) is 38.3 Å². The number of carbonyl (C=O) groups is 1. The third kappa shape index (κ3) is 4.44. The van der Waals surface area contributed by atoms with Crippen LogP contribution in [0, 0.1) is 5.82 Å². The van der Waals surface area contributed by atoms with Gasteiger partial charge < -0.3 is 10.1 Å². The molecule has 25 heavy (non-hydrogen) atoms. The maximum absolute atomic E-state index is 13.6. The summed E-state index contributed by atoms with van der Waals surface area (Å²) in [5.41, 5.74) is 1.93. The molecule has 0 bridgehead atoms. The molecule has 0 aliphatic carbocycles. The van der Waals surface area contributed by atoms with Gasteiger partial charge in [-0.25, -0.2) is 4.39 Å². The van der Waals surface area contributed by atoms with Crippen LogP contribution in [0.5, 0.6) is 5.75 Å². The lowest BCUT2D eigenvalue weighted by atomic mass is 9.99. The molecule has 3 rings (SSSR count). The van der Waals surface area contributed by atoms with Crippen LogP contribution in [0.1, 0.15) is 17.2 Å². The molecule has 0 aromatic heterocycles. The van der Waals surface area contributed by atoms with Gasteiger partial charge in [-0.3, -0.25) is 4.79 Å². The number of nitrogens with one attached hydrogen (secondary N) is 1. The van der Waals surface area contributed by atoms with Crippen molar-refractivity contribution in [2.45, 2.75) is 6.04 Å². The normalized spacial score (nSPS) is 10.5. The van der Waals surface area contributed by atoms with Gasteiger partial charge in [-0.05, 0) is 23.3 Å². The predicted octanol–water partition coefficient (Wildman–Crippen LogP) is 4.11. The van der Waals surface area contributed by atoms with Gasteiger partial charge in [0.1, 0.15) is 0 Å². The van der Waals surface area contributed by atoms with E-state index in [-0.39, 0.29) is 24.3 Å². The van der Waals surface area contributed by atoms with Crippen LogP contribution in [0.2, 0.25) is 0 Å². The molecule has 0 radical (unpaired) electrons. The maximum Gasteiger partial charge on any atom is 0.258 e. The fraction of sp³-hybridized carbons (Fsp3) is 0.0952. The smallest absolute Gasteiger partial charge is 0.258 e.